The molecule has 0 fully saturated rings. The first-order valence-electron chi connectivity index (χ1n) is 6.24. The van der Waals surface area contributed by atoms with Crippen molar-refractivity contribution in [3.8, 4) is 5.75 Å². The van der Waals surface area contributed by atoms with Crippen LogP contribution in [0, 0.1) is 0 Å². The van der Waals surface area contributed by atoms with Gasteiger partial charge in [0.1, 0.15) is 18.5 Å². The van der Waals surface area contributed by atoms with Gasteiger partial charge in [0.25, 0.3) is 0 Å². The number of hydrogen-bond donors (Lipinski definition) is 3. The normalized spacial score (nSPS) is 22.2. The Morgan fingerprint density at radius 3 is 2.58 bits per heavy atom. The van der Waals surface area contributed by atoms with E-state index in [4.69, 9.17) is 26.6 Å². The molecule has 5 nitrogen and oxygen atoms in total. The number of fused-ring (bicyclic) bond motifs is 1. The maximum Gasteiger partial charge on any atom is 0.143 e. The molecule has 0 amide bonds. The molecule has 1 aliphatic heterocycles. The number of aliphatic hydroxyl groups excluding tert-OH is 3. The van der Waals surface area contributed by atoms with E-state index >= 15 is 0 Å². The van der Waals surface area contributed by atoms with Crippen molar-refractivity contribution in [3.63, 3.8) is 0 Å². The van der Waals surface area contributed by atoms with E-state index in [1.807, 2.05) is 4.90 Å². The molecule has 19 heavy (non-hydrogen) atoms. The minimum Gasteiger partial charge on any atom is -0.490 e. The summed E-state index contributed by atoms with van der Waals surface area (Å²) in [5, 5.41) is 29.0. The van der Waals surface area contributed by atoms with Gasteiger partial charge in [0.2, 0.25) is 0 Å². The number of rotatable bonds is 5. The van der Waals surface area contributed by atoms with E-state index in [-0.39, 0.29) is 25.9 Å². The fourth-order valence-electron chi connectivity index (χ4n) is 2.38. The molecule has 0 spiro atoms. The molecular weight excluding hydrogens is 270 g/mol. The van der Waals surface area contributed by atoms with Crippen LogP contribution in [0.3, 0.4) is 0 Å². The second-order valence-corrected chi connectivity index (χ2v) is 4.87. The van der Waals surface area contributed by atoms with E-state index in [9.17, 15) is 5.11 Å². The van der Waals surface area contributed by atoms with Crippen molar-refractivity contribution in [2.45, 2.75) is 12.1 Å². The Kier molecular flexibility index (Phi) is 5.01. The maximum atomic E-state index is 10.4. The molecule has 0 aliphatic carbocycles. The van der Waals surface area contributed by atoms with Crippen LogP contribution in [-0.2, 0) is 0 Å². The topological polar surface area (TPSA) is 73.2 Å². The molecule has 3 N–H and O–H groups in total. The first-order valence-corrected chi connectivity index (χ1v) is 6.62. The van der Waals surface area contributed by atoms with Gasteiger partial charge in [-0.1, -0.05) is 23.7 Å². The first-order chi connectivity index (χ1) is 9.19. The average Bonchev–Trinajstić information content (AvgIpc) is 2.40. The zero-order valence-electron chi connectivity index (χ0n) is 10.5. The van der Waals surface area contributed by atoms with Crippen LogP contribution in [-0.4, -0.2) is 59.2 Å². The lowest BCUT2D eigenvalue weighted by atomic mass is 9.98. The third-order valence-corrected chi connectivity index (χ3v) is 3.62. The van der Waals surface area contributed by atoms with Gasteiger partial charge in [-0.05, 0) is 6.07 Å². The highest BCUT2D eigenvalue weighted by atomic mass is 35.5. The summed E-state index contributed by atoms with van der Waals surface area (Å²) in [6, 6.07) is 4.95. The lowest BCUT2D eigenvalue weighted by Gasteiger charge is -2.38. The van der Waals surface area contributed by atoms with Crippen molar-refractivity contribution in [2.75, 3.05) is 32.9 Å². The van der Waals surface area contributed by atoms with E-state index in [2.05, 4.69) is 0 Å². The molecule has 0 saturated heterocycles. The zero-order valence-corrected chi connectivity index (χ0v) is 11.3. The minimum atomic E-state index is -0.749. The molecule has 0 bridgehead atoms. The number of halogens is 1. The number of para-hydroxylation sites is 1. The Hall–Kier alpha value is -0.850. The fourth-order valence-corrected chi connectivity index (χ4v) is 2.62. The van der Waals surface area contributed by atoms with Gasteiger partial charge >= 0.3 is 0 Å². The zero-order chi connectivity index (χ0) is 13.8. The third-order valence-electron chi connectivity index (χ3n) is 3.32. The highest BCUT2D eigenvalue weighted by molar-refractivity contribution is 6.32. The van der Waals surface area contributed by atoms with E-state index in [1.165, 1.54) is 0 Å². The Balaban J connectivity index is 2.22. The van der Waals surface area contributed by atoms with Gasteiger partial charge < -0.3 is 20.1 Å². The predicted octanol–water partition coefficient (Wildman–Crippen LogP) is 0.421. The largest absolute Gasteiger partial charge is 0.490 e. The Morgan fingerprint density at radius 2 is 1.95 bits per heavy atom. The summed E-state index contributed by atoms with van der Waals surface area (Å²) < 4.78 is 5.61. The number of nitrogens with zero attached hydrogens (tertiary/aromatic N) is 1. The van der Waals surface area contributed by atoms with Crippen molar-refractivity contribution >= 4 is 11.6 Å². The summed E-state index contributed by atoms with van der Waals surface area (Å²) >= 11 is 6.03. The monoisotopic (exact) mass is 287 g/mol. The molecule has 1 heterocycles. The standard InChI is InChI=1S/C13H18ClNO4/c14-10-3-1-2-9-12(18)11(8-19-13(9)10)15(4-6-16)5-7-17/h1-3,11-12,16-18H,4-8H2. The number of benzene rings is 1. The molecule has 6 heteroatoms. The fraction of sp³-hybridized carbons (Fsp3) is 0.538. The van der Waals surface area contributed by atoms with Crippen LogP contribution >= 0.6 is 11.6 Å². The van der Waals surface area contributed by atoms with Crippen molar-refractivity contribution in [2.24, 2.45) is 0 Å². The predicted molar refractivity (Wildman–Crippen MR) is 71.4 cm³/mol. The summed E-state index contributed by atoms with van der Waals surface area (Å²) in [7, 11) is 0. The molecule has 2 unspecified atom stereocenters. The maximum absolute atomic E-state index is 10.4. The highest BCUT2D eigenvalue weighted by Crippen LogP contribution is 2.38. The Labute approximate surface area is 117 Å². The van der Waals surface area contributed by atoms with Gasteiger partial charge in [0.15, 0.2) is 0 Å². The van der Waals surface area contributed by atoms with Crippen molar-refractivity contribution in [1.82, 2.24) is 4.90 Å². The molecule has 106 valence electrons. The van der Waals surface area contributed by atoms with Crippen molar-refractivity contribution in [3.05, 3.63) is 28.8 Å². The van der Waals surface area contributed by atoms with Gasteiger partial charge in [-0.2, -0.15) is 0 Å². The van der Waals surface area contributed by atoms with Crippen LogP contribution in [0.5, 0.6) is 5.75 Å². The van der Waals surface area contributed by atoms with Crippen LogP contribution in [0.1, 0.15) is 11.7 Å². The molecule has 0 aromatic heterocycles. The van der Waals surface area contributed by atoms with Crippen molar-refractivity contribution in [1.29, 1.82) is 0 Å². The van der Waals surface area contributed by atoms with Crippen molar-refractivity contribution < 1.29 is 20.1 Å². The molecule has 1 aliphatic rings. The van der Waals surface area contributed by atoms with Crippen LogP contribution in [0.2, 0.25) is 5.02 Å². The molecule has 1 aromatic carbocycles. The SMILES string of the molecule is OCCN(CCO)C1COc2c(Cl)cccc2C1O. The van der Waals surface area contributed by atoms with Gasteiger partial charge in [-0.15, -0.1) is 0 Å². The highest BCUT2D eigenvalue weighted by Gasteiger charge is 2.34. The lowest BCUT2D eigenvalue weighted by molar-refractivity contribution is -0.00859. The average molecular weight is 288 g/mol. The van der Waals surface area contributed by atoms with Crippen LogP contribution < -0.4 is 4.74 Å². The van der Waals surface area contributed by atoms with E-state index in [0.717, 1.165) is 0 Å². The molecule has 0 radical (unpaired) electrons. The minimum absolute atomic E-state index is 0.0361. The first kappa shape index (κ1) is 14.6. The molecule has 1 aromatic rings. The van der Waals surface area contributed by atoms with E-state index in [1.54, 1.807) is 18.2 Å². The number of aliphatic hydroxyl groups is 3. The summed E-state index contributed by atoms with van der Waals surface area (Å²) in [5.41, 5.74) is 0.643. The second-order valence-electron chi connectivity index (χ2n) is 4.46. The third kappa shape index (κ3) is 3.01. The summed E-state index contributed by atoms with van der Waals surface area (Å²) in [6.07, 6.45) is -0.749. The number of ether oxygens (including phenoxy) is 1. The Bertz CT molecular complexity index is 423. The van der Waals surface area contributed by atoms with E-state index in [0.29, 0.717) is 29.4 Å². The summed E-state index contributed by atoms with van der Waals surface area (Å²) in [6.45, 7) is 0.957. The Morgan fingerprint density at radius 1 is 1.26 bits per heavy atom. The van der Waals surface area contributed by atoms with Gasteiger partial charge in [0, 0.05) is 18.7 Å². The number of hydrogen-bond acceptors (Lipinski definition) is 5. The van der Waals surface area contributed by atoms with Gasteiger partial charge in [-0.3, -0.25) is 4.90 Å². The smallest absolute Gasteiger partial charge is 0.143 e. The molecule has 0 saturated carbocycles. The molecule has 2 rings (SSSR count). The van der Waals surface area contributed by atoms with Crippen LogP contribution in [0.15, 0.2) is 18.2 Å². The second kappa shape index (κ2) is 6.54. The van der Waals surface area contributed by atoms with Gasteiger partial charge in [0.05, 0.1) is 24.3 Å². The summed E-state index contributed by atoms with van der Waals surface area (Å²) in [5.74, 6) is 0.515. The molecular formula is C13H18ClNO4. The van der Waals surface area contributed by atoms with Crippen LogP contribution in [0.25, 0.3) is 0 Å². The quantitative estimate of drug-likeness (QED) is 0.732. The van der Waals surface area contributed by atoms with E-state index < -0.39 is 6.10 Å². The summed E-state index contributed by atoms with van der Waals surface area (Å²) in [4.78, 5) is 1.81. The van der Waals surface area contributed by atoms with Crippen LogP contribution in [0.4, 0.5) is 0 Å². The molecule has 2 atom stereocenters. The lowest BCUT2D eigenvalue weighted by Crippen LogP contribution is -2.48. The van der Waals surface area contributed by atoms with Gasteiger partial charge in [-0.25, -0.2) is 0 Å².